The maximum atomic E-state index is 12.8. The molecule has 4 rings (SSSR count). The van der Waals surface area contributed by atoms with Gasteiger partial charge in [-0.1, -0.05) is 18.9 Å². The van der Waals surface area contributed by atoms with E-state index in [1.807, 2.05) is 24.3 Å². The molecule has 1 saturated heterocycles. The van der Waals surface area contributed by atoms with Gasteiger partial charge in [-0.2, -0.15) is 0 Å². The van der Waals surface area contributed by atoms with Crippen LogP contribution >= 0.6 is 0 Å². The largest absolute Gasteiger partial charge is 0.494 e. The van der Waals surface area contributed by atoms with E-state index in [9.17, 15) is 9.59 Å². The van der Waals surface area contributed by atoms with Crippen LogP contribution in [-0.2, 0) is 4.74 Å². The van der Waals surface area contributed by atoms with Crippen molar-refractivity contribution < 1.29 is 19.1 Å². The first-order valence-electron chi connectivity index (χ1n) is 12.0. The first kappa shape index (κ1) is 22.6. The summed E-state index contributed by atoms with van der Waals surface area (Å²) in [5, 5.41) is 1.47. The fraction of sp³-hybridized carbons (Fsp3) is 0.538. The molecule has 172 valence electrons. The van der Waals surface area contributed by atoms with Crippen LogP contribution in [-0.4, -0.2) is 49.1 Å². The monoisotopic (exact) mass is 438 g/mol. The number of nitrogens with two attached hydrogens (primary N) is 1. The number of ether oxygens (including phenoxy) is 2. The fourth-order valence-corrected chi connectivity index (χ4v) is 4.89. The van der Waals surface area contributed by atoms with Gasteiger partial charge in [-0.05, 0) is 93.1 Å². The van der Waals surface area contributed by atoms with Crippen molar-refractivity contribution in [3.8, 4) is 5.75 Å². The van der Waals surface area contributed by atoms with Crippen molar-refractivity contribution in [1.29, 1.82) is 0 Å². The van der Waals surface area contributed by atoms with Crippen LogP contribution in [0.2, 0.25) is 0 Å². The minimum atomic E-state index is -0.624. The summed E-state index contributed by atoms with van der Waals surface area (Å²) in [6.07, 6.45) is 9.92. The summed E-state index contributed by atoms with van der Waals surface area (Å²) in [6, 6.07) is 9.03. The number of piperidine rings is 1. The topological polar surface area (TPSA) is 81.9 Å². The summed E-state index contributed by atoms with van der Waals surface area (Å²) in [5.74, 6) is -0.337. The van der Waals surface area contributed by atoms with Crippen LogP contribution in [0.15, 0.2) is 30.3 Å². The molecule has 0 radical (unpaired) electrons. The molecular formula is C26H34N2O4. The smallest absolute Gasteiger partial charge is 0.339 e. The van der Waals surface area contributed by atoms with Gasteiger partial charge in [-0.3, -0.25) is 4.79 Å². The molecule has 0 aromatic heterocycles. The summed E-state index contributed by atoms with van der Waals surface area (Å²) < 4.78 is 11.6. The number of likely N-dealkylation sites (tertiary alicyclic amines) is 1. The van der Waals surface area contributed by atoms with Crippen LogP contribution < -0.4 is 10.5 Å². The van der Waals surface area contributed by atoms with E-state index in [-0.39, 0.29) is 17.2 Å². The van der Waals surface area contributed by atoms with E-state index < -0.39 is 11.9 Å². The number of esters is 1. The molecule has 1 aliphatic carbocycles. The number of rotatable bonds is 8. The molecule has 2 aliphatic rings. The van der Waals surface area contributed by atoms with Crippen molar-refractivity contribution in [2.45, 2.75) is 63.9 Å². The van der Waals surface area contributed by atoms with E-state index in [1.54, 1.807) is 6.07 Å². The molecule has 0 unspecified atom stereocenters. The van der Waals surface area contributed by atoms with Crippen LogP contribution in [0.1, 0.15) is 78.5 Å². The molecule has 6 nitrogen and oxygen atoms in total. The normalized spacial score (nSPS) is 17.9. The average molecular weight is 439 g/mol. The van der Waals surface area contributed by atoms with Crippen molar-refractivity contribution in [3.05, 3.63) is 41.5 Å². The Bertz CT molecular complexity index is 946. The van der Waals surface area contributed by atoms with Gasteiger partial charge >= 0.3 is 5.97 Å². The lowest BCUT2D eigenvalue weighted by atomic mass is 9.96. The Balaban J connectivity index is 1.43. The number of hydrogen-bond acceptors (Lipinski definition) is 5. The minimum Gasteiger partial charge on any atom is -0.494 e. The molecular weight excluding hydrogens is 404 g/mol. The van der Waals surface area contributed by atoms with Crippen LogP contribution in [0.5, 0.6) is 5.75 Å². The highest BCUT2D eigenvalue weighted by Gasteiger charge is 2.24. The van der Waals surface area contributed by atoms with Gasteiger partial charge in [0.15, 0.2) is 0 Å². The number of hydrogen-bond donors (Lipinski definition) is 1. The van der Waals surface area contributed by atoms with Gasteiger partial charge in [0.25, 0.3) is 0 Å². The van der Waals surface area contributed by atoms with Crippen LogP contribution in [0.3, 0.4) is 0 Å². The SMILES string of the molecule is NC(=O)c1c(C(=O)OC2CCCCC2)ccc2cc(OCCCN3CCCCC3)ccc12. The van der Waals surface area contributed by atoms with Crippen LogP contribution in [0, 0.1) is 0 Å². The zero-order valence-electron chi connectivity index (χ0n) is 18.8. The maximum Gasteiger partial charge on any atom is 0.339 e. The molecule has 2 N–H and O–H groups in total. The maximum absolute atomic E-state index is 12.8. The summed E-state index contributed by atoms with van der Waals surface area (Å²) in [7, 11) is 0. The Morgan fingerprint density at radius 1 is 0.969 bits per heavy atom. The fourth-order valence-electron chi connectivity index (χ4n) is 4.89. The highest BCUT2D eigenvalue weighted by molar-refractivity contribution is 6.14. The van der Waals surface area contributed by atoms with E-state index in [1.165, 1.54) is 38.8 Å². The molecule has 1 amide bonds. The number of benzene rings is 2. The summed E-state index contributed by atoms with van der Waals surface area (Å²) >= 11 is 0. The highest BCUT2D eigenvalue weighted by Crippen LogP contribution is 2.28. The van der Waals surface area contributed by atoms with Crippen molar-refractivity contribution >= 4 is 22.6 Å². The number of amides is 1. The predicted octanol–water partition coefficient (Wildman–Crippen LogP) is 4.68. The predicted molar refractivity (Wildman–Crippen MR) is 125 cm³/mol. The van der Waals surface area contributed by atoms with E-state index in [0.29, 0.717) is 12.0 Å². The Kier molecular flexibility index (Phi) is 7.63. The third-order valence-corrected chi connectivity index (χ3v) is 6.62. The molecule has 2 aromatic rings. The van der Waals surface area contributed by atoms with E-state index in [4.69, 9.17) is 15.2 Å². The van der Waals surface area contributed by atoms with Crippen LogP contribution in [0.25, 0.3) is 10.8 Å². The molecule has 0 spiro atoms. The lowest BCUT2D eigenvalue weighted by molar-refractivity contribution is 0.0209. The Morgan fingerprint density at radius 2 is 1.72 bits per heavy atom. The first-order chi connectivity index (χ1) is 15.6. The summed E-state index contributed by atoms with van der Waals surface area (Å²) in [4.78, 5) is 27.6. The second-order valence-corrected chi connectivity index (χ2v) is 9.00. The zero-order valence-corrected chi connectivity index (χ0v) is 18.8. The van der Waals surface area contributed by atoms with E-state index in [0.717, 1.165) is 49.8 Å². The summed E-state index contributed by atoms with van der Waals surface area (Å²) in [5.41, 5.74) is 6.14. The van der Waals surface area contributed by atoms with Gasteiger partial charge in [0.2, 0.25) is 5.91 Å². The quantitative estimate of drug-likeness (QED) is 0.478. The van der Waals surface area contributed by atoms with Gasteiger partial charge in [0, 0.05) is 6.54 Å². The standard InChI is InChI=1S/C26H34N2O4/c27-25(29)24-22-13-11-21(31-17-7-16-28-14-5-2-6-15-28)18-19(22)10-12-23(24)26(30)32-20-8-3-1-4-9-20/h10-13,18,20H,1-9,14-17H2,(H2,27,29). The molecule has 1 saturated carbocycles. The number of fused-ring (bicyclic) bond motifs is 1. The Morgan fingerprint density at radius 3 is 2.47 bits per heavy atom. The van der Waals surface area contributed by atoms with Gasteiger partial charge in [0.1, 0.15) is 11.9 Å². The van der Waals surface area contributed by atoms with Crippen molar-refractivity contribution in [2.75, 3.05) is 26.2 Å². The lowest BCUT2D eigenvalue weighted by Gasteiger charge is -2.26. The third-order valence-electron chi connectivity index (χ3n) is 6.62. The van der Waals surface area contributed by atoms with Gasteiger partial charge in [0.05, 0.1) is 17.7 Å². The van der Waals surface area contributed by atoms with Gasteiger partial charge in [-0.15, -0.1) is 0 Å². The van der Waals surface area contributed by atoms with Gasteiger partial charge < -0.3 is 20.1 Å². The molecule has 1 heterocycles. The number of carbonyl (C=O) groups is 2. The second kappa shape index (κ2) is 10.8. The molecule has 2 fully saturated rings. The van der Waals surface area contributed by atoms with Crippen molar-refractivity contribution in [2.24, 2.45) is 5.73 Å². The lowest BCUT2D eigenvalue weighted by Crippen LogP contribution is -2.31. The number of carbonyl (C=O) groups excluding carboxylic acids is 2. The minimum absolute atomic E-state index is 0.0756. The summed E-state index contributed by atoms with van der Waals surface area (Å²) in [6.45, 7) is 4.09. The van der Waals surface area contributed by atoms with E-state index >= 15 is 0 Å². The molecule has 2 aromatic carbocycles. The Hall–Kier alpha value is -2.60. The van der Waals surface area contributed by atoms with Crippen molar-refractivity contribution in [3.63, 3.8) is 0 Å². The van der Waals surface area contributed by atoms with Crippen molar-refractivity contribution in [1.82, 2.24) is 4.90 Å². The second-order valence-electron chi connectivity index (χ2n) is 9.00. The number of nitrogens with zero attached hydrogens (tertiary/aromatic N) is 1. The molecule has 6 heteroatoms. The third kappa shape index (κ3) is 5.60. The van der Waals surface area contributed by atoms with E-state index in [2.05, 4.69) is 4.90 Å². The highest BCUT2D eigenvalue weighted by atomic mass is 16.5. The zero-order chi connectivity index (χ0) is 22.3. The molecule has 1 aliphatic heterocycles. The number of primary amides is 1. The Labute approximate surface area is 190 Å². The van der Waals surface area contributed by atoms with Gasteiger partial charge in [-0.25, -0.2) is 4.79 Å². The molecule has 0 atom stereocenters. The van der Waals surface area contributed by atoms with Crippen LogP contribution in [0.4, 0.5) is 0 Å². The molecule has 0 bridgehead atoms. The molecule has 32 heavy (non-hydrogen) atoms. The average Bonchev–Trinajstić information content (AvgIpc) is 2.82. The first-order valence-corrected chi connectivity index (χ1v) is 12.0.